The van der Waals surface area contributed by atoms with Crippen LogP contribution in [0.1, 0.15) is 35.6 Å². The van der Waals surface area contributed by atoms with E-state index >= 15 is 0 Å². The Balaban J connectivity index is 2.61. The van der Waals surface area contributed by atoms with E-state index < -0.39 is 5.97 Å². The molecule has 1 aromatic rings. The number of carbonyl (C=O) groups excluding carboxylic acids is 1. The summed E-state index contributed by atoms with van der Waals surface area (Å²) in [6, 6.07) is 1.24. The Bertz CT molecular complexity index is 602. The molecular formula is C14H19N3O3. The van der Waals surface area contributed by atoms with Crippen molar-refractivity contribution < 1.29 is 9.53 Å². The van der Waals surface area contributed by atoms with Gasteiger partial charge in [-0.15, -0.1) is 0 Å². The van der Waals surface area contributed by atoms with Gasteiger partial charge in [-0.3, -0.25) is 9.36 Å². The van der Waals surface area contributed by atoms with Gasteiger partial charge in [0.05, 0.1) is 7.11 Å². The lowest BCUT2D eigenvalue weighted by atomic mass is 10.1. The van der Waals surface area contributed by atoms with E-state index in [9.17, 15) is 9.59 Å². The van der Waals surface area contributed by atoms with Crippen LogP contribution >= 0.6 is 0 Å². The van der Waals surface area contributed by atoms with Crippen LogP contribution in [0.3, 0.4) is 0 Å². The van der Waals surface area contributed by atoms with E-state index in [-0.39, 0.29) is 11.3 Å². The molecule has 1 aromatic heterocycles. The molecular weight excluding hydrogens is 258 g/mol. The van der Waals surface area contributed by atoms with E-state index in [4.69, 9.17) is 0 Å². The van der Waals surface area contributed by atoms with Gasteiger partial charge in [0.1, 0.15) is 5.82 Å². The van der Waals surface area contributed by atoms with Crippen LogP contribution in [0, 0.1) is 0 Å². The molecule has 6 nitrogen and oxygen atoms in total. The molecule has 1 aliphatic heterocycles. The van der Waals surface area contributed by atoms with E-state index in [0.29, 0.717) is 12.4 Å². The number of aromatic nitrogens is 2. The van der Waals surface area contributed by atoms with Gasteiger partial charge in [-0.1, -0.05) is 0 Å². The summed E-state index contributed by atoms with van der Waals surface area (Å²) >= 11 is 0. The van der Waals surface area contributed by atoms with E-state index in [1.807, 2.05) is 25.2 Å². The second-order valence-corrected chi connectivity index (χ2v) is 5.02. The first-order valence-corrected chi connectivity index (χ1v) is 6.60. The lowest BCUT2D eigenvalue weighted by molar-refractivity contribution is 0.0593. The average molecular weight is 277 g/mol. The summed E-state index contributed by atoms with van der Waals surface area (Å²) in [5.41, 5.74) is 0.826. The molecule has 2 heterocycles. The van der Waals surface area contributed by atoms with Crippen molar-refractivity contribution >= 4 is 11.5 Å². The zero-order chi connectivity index (χ0) is 14.7. The van der Waals surface area contributed by atoms with Crippen LogP contribution in [-0.2, 0) is 11.3 Å². The summed E-state index contributed by atoms with van der Waals surface area (Å²) in [4.78, 5) is 30.0. The second kappa shape index (κ2) is 5.90. The van der Waals surface area contributed by atoms with Crippen molar-refractivity contribution in [2.75, 3.05) is 21.2 Å². The molecule has 20 heavy (non-hydrogen) atoms. The lowest BCUT2D eigenvalue weighted by Crippen LogP contribution is -2.26. The number of allylic oxidation sites excluding steroid dienone is 1. The van der Waals surface area contributed by atoms with Gasteiger partial charge in [0.2, 0.25) is 0 Å². The predicted molar refractivity (Wildman–Crippen MR) is 75.4 cm³/mol. The van der Waals surface area contributed by atoms with Crippen LogP contribution in [0.15, 0.2) is 17.1 Å². The number of nitrogens with zero attached hydrogens (tertiary/aromatic N) is 3. The topological polar surface area (TPSA) is 64.4 Å². The third kappa shape index (κ3) is 2.89. The standard InChI is InChI=1S/C14H19N3O3/c1-16(2)9-10-6-4-5-7-17-12(18)8-11(14(19)20-3)15-13(10)17/h8-9H,4-7H2,1-3H3/b10-9+. The zero-order valence-electron chi connectivity index (χ0n) is 12.0. The number of fused-ring (bicyclic) bond motifs is 1. The smallest absolute Gasteiger partial charge is 0.356 e. The minimum atomic E-state index is -0.584. The van der Waals surface area contributed by atoms with Crippen LogP contribution in [0.4, 0.5) is 0 Å². The van der Waals surface area contributed by atoms with E-state index in [1.54, 1.807) is 4.57 Å². The summed E-state index contributed by atoms with van der Waals surface area (Å²) in [6.45, 7) is 0.632. The number of carbonyl (C=O) groups is 1. The van der Waals surface area contributed by atoms with Crippen molar-refractivity contribution in [1.82, 2.24) is 14.5 Å². The van der Waals surface area contributed by atoms with Crippen LogP contribution in [-0.4, -0.2) is 41.6 Å². The number of hydrogen-bond donors (Lipinski definition) is 0. The van der Waals surface area contributed by atoms with Crippen LogP contribution in [0.25, 0.3) is 5.57 Å². The maximum absolute atomic E-state index is 12.2. The molecule has 0 fully saturated rings. The van der Waals surface area contributed by atoms with Gasteiger partial charge in [-0.2, -0.15) is 0 Å². The Morgan fingerprint density at radius 2 is 2.20 bits per heavy atom. The van der Waals surface area contributed by atoms with E-state index in [0.717, 1.165) is 24.8 Å². The first-order chi connectivity index (χ1) is 9.52. The largest absolute Gasteiger partial charge is 0.464 e. The normalized spacial score (nSPS) is 16.4. The van der Waals surface area contributed by atoms with Gasteiger partial charge in [0, 0.05) is 38.5 Å². The summed E-state index contributed by atoms with van der Waals surface area (Å²) in [5, 5.41) is 0. The van der Waals surface area contributed by atoms with Crippen molar-refractivity contribution in [3.8, 4) is 0 Å². The molecule has 0 saturated heterocycles. The third-order valence-corrected chi connectivity index (χ3v) is 3.18. The fourth-order valence-corrected chi connectivity index (χ4v) is 2.31. The molecule has 0 bridgehead atoms. The first-order valence-electron chi connectivity index (χ1n) is 6.60. The fourth-order valence-electron chi connectivity index (χ4n) is 2.31. The van der Waals surface area contributed by atoms with Gasteiger partial charge >= 0.3 is 5.97 Å². The SMILES string of the molecule is COC(=O)c1cc(=O)n2c(n1)/C(=C/N(C)C)CCCC2. The molecule has 6 heteroatoms. The highest BCUT2D eigenvalue weighted by Crippen LogP contribution is 2.23. The van der Waals surface area contributed by atoms with Crippen molar-refractivity contribution in [1.29, 1.82) is 0 Å². The molecule has 0 saturated carbocycles. The quantitative estimate of drug-likeness (QED) is 0.758. The summed E-state index contributed by atoms with van der Waals surface area (Å²) in [6.07, 6.45) is 4.72. The third-order valence-electron chi connectivity index (χ3n) is 3.18. The predicted octanol–water partition coefficient (Wildman–Crippen LogP) is 1.12. The Morgan fingerprint density at radius 3 is 2.85 bits per heavy atom. The summed E-state index contributed by atoms with van der Waals surface area (Å²) in [7, 11) is 5.12. The lowest BCUT2D eigenvalue weighted by Gasteiger charge is -2.13. The molecule has 0 unspecified atom stereocenters. The van der Waals surface area contributed by atoms with Gasteiger partial charge < -0.3 is 9.64 Å². The summed E-state index contributed by atoms with van der Waals surface area (Å²) < 4.78 is 6.28. The van der Waals surface area contributed by atoms with E-state index in [2.05, 4.69) is 9.72 Å². The number of rotatable bonds is 2. The van der Waals surface area contributed by atoms with Crippen molar-refractivity contribution in [2.45, 2.75) is 25.8 Å². The Morgan fingerprint density at radius 1 is 1.45 bits per heavy atom. The molecule has 108 valence electrons. The molecule has 2 rings (SSSR count). The monoisotopic (exact) mass is 277 g/mol. The van der Waals surface area contributed by atoms with Gasteiger partial charge in [-0.05, 0) is 19.3 Å². The molecule has 0 amide bonds. The van der Waals surface area contributed by atoms with Crippen LogP contribution in [0.2, 0.25) is 0 Å². The van der Waals surface area contributed by atoms with Crippen molar-refractivity contribution in [3.05, 3.63) is 34.1 Å². The van der Waals surface area contributed by atoms with Gasteiger partial charge in [0.15, 0.2) is 5.69 Å². The van der Waals surface area contributed by atoms with Crippen molar-refractivity contribution in [3.63, 3.8) is 0 Å². The first kappa shape index (κ1) is 14.3. The number of methoxy groups -OCH3 is 1. The van der Waals surface area contributed by atoms with Gasteiger partial charge in [0.25, 0.3) is 5.56 Å². The second-order valence-electron chi connectivity index (χ2n) is 5.02. The molecule has 0 spiro atoms. The van der Waals surface area contributed by atoms with E-state index in [1.165, 1.54) is 13.2 Å². The molecule has 0 aromatic carbocycles. The molecule has 0 radical (unpaired) electrons. The fraction of sp³-hybridized carbons (Fsp3) is 0.500. The Labute approximate surface area is 117 Å². The highest BCUT2D eigenvalue weighted by Gasteiger charge is 2.19. The molecule has 0 N–H and O–H groups in total. The minimum absolute atomic E-state index is 0.0651. The Kier molecular flexibility index (Phi) is 4.22. The van der Waals surface area contributed by atoms with Crippen LogP contribution < -0.4 is 5.56 Å². The maximum Gasteiger partial charge on any atom is 0.356 e. The average Bonchev–Trinajstić information content (AvgIpc) is 2.60. The highest BCUT2D eigenvalue weighted by atomic mass is 16.5. The minimum Gasteiger partial charge on any atom is -0.464 e. The van der Waals surface area contributed by atoms with Crippen molar-refractivity contribution in [2.24, 2.45) is 0 Å². The Hall–Kier alpha value is -2.11. The maximum atomic E-state index is 12.2. The highest BCUT2D eigenvalue weighted by molar-refractivity contribution is 5.87. The molecule has 0 atom stereocenters. The zero-order valence-corrected chi connectivity index (χ0v) is 12.0. The summed E-state index contributed by atoms with van der Waals surface area (Å²) in [5.74, 6) is -0.0111. The van der Waals surface area contributed by atoms with Gasteiger partial charge in [-0.25, -0.2) is 9.78 Å². The van der Waals surface area contributed by atoms with Crippen LogP contribution in [0.5, 0.6) is 0 Å². The number of ether oxygens (including phenoxy) is 1. The number of hydrogen-bond acceptors (Lipinski definition) is 5. The molecule has 1 aliphatic rings. The molecule has 0 aliphatic carbocycles. The number of esters is 1.